The Bertz CT molecular complexity index is 614. The Morgan fingerprint density at radius 1 is 0.781 bits per heavy atom. The Hall–Kier alpha value is -2.17. The van der Waals surface area contributed by atoms with Crippen molar-refractivity contribution in [3.8, 4) is 0 Å². The Labute approximate surface area is 196 Å². The van der Waals surface area contributed by atoms with Crippen LogP contribution in [0.5, 0.6) is 0 Å². The van der Waals surface area contributed by atoms with Crippen LogP contribution in [-0.2, 0) is 4.79 Å². The van der Waals surface area contributed by atoms with Gasteiger partial charge in [-0.05, 0) is 51.4 Å². The zero-order valence-corrected chi connectivity index (χ0v) is 20.2. The highest BCUT2D eigenvalue weighted by atomic mass is 16.3. The molecular weight excluding hydrogens is 398 g/mol. The quantitative estimate of drug-likeness (QED) is 0.167. The van der Waals surface area contributed by atoms with Crippen LogP contribution in [0.25, 0.3) is 0 Å². The van der Waals surface area contributed by atoms with Crippen LogP contribution in [0, 0.1) is 0 Å². The van der Waals surface area contributed by atoms with Gasteiger partial charge in [-0.2, -0.15) is 0 Å². The Morgan fingerprint density at radius 2 is 1.31 bits per heavy atom. The van der Waals surface area contributed by atoms with Crippen molar-refractivity contribution in [2.45, 2.75) is 90.2 Å². The maximum atomic E-state index is 12.0. The van der Waals surface area contributed by atoms with Crippen molar-refractivity contribution in [2.75, 3.05) is 6.61 Å². The second kappa shape index (κ2) is 23.5. The predicted molar refractivity (Wildman–Crippen MR) is 137 cm³/mol. The minimum absolute atomic E-state index is 0.139. The molecule has 0 spiro atoms. The van der Waals surface area contributed by atoms with E-state index in [1.54, 1.807) is 6.08 Å². The van der Waals surface area contributed by atoms with Gasteiger partial charge in [0, 0.05) is 6.42 Å². The van der Waals surface area contributed by atoms with Crippen molar-refractivity contribution < 1.29 is 15.0 Å². The van der Waals surface area contributed by atoms with Crippen LogP contribution >= 0.6 is 0 Å². The summed E-state index contributed by atoms with van der Waals surface area (Å²) in [7, 11) is 0. The SMILES string of the molecule is CC/C=C\C/C=C\C/C=C\C/C=C\C/C=C\CCCC(=O)NC(CO)C(O)/C=C/CCC. The van der Waals surface area contributed by atoms with E-state index in [9.17, 15) is 15.0 Å². The molecule has 0 aliphatic carbocycles. The fraction of sp³-hybridized carbons (Fsp3) is 0.536. The fourth-order valence-electron chi connectivity index (χ4n) is 2.80. The molecule has 0 saturated carbocycles. The zero-order chi connectivity index (χ0) is 23.7. The summed E-state index contributed by atoms with van der Waals surface area (Å²) in [5, 5.41) is 22.1. The van der Waals surface area contributed by atoms with Gasteiger partial charge in [-0.1, -0.05) is 93.2 Å². The molecule has 3 N–H and O–H groups in total. The van der Waals surface area contributed by atoms with Gasteiger partial charge in [0.1, 0.15) is 0 Å². The van der Waals surface area contributed by atoms with Gasteiger partial charge in [-0.15, -0.1) is 0 Å². The molecule has 0 bridgehead atoms. The van der Waals surface area contributed by atoms with E-state index in [-0.39, 0.29) is 12.5 Å². The van der Waals surface area contributed by atoms with Gasteiger partial charge >= 0.3 is 0 Å². The summed E-state index contributed by atoms with van der Waals surface area (Å²) in [5.74, 6) is -0.139. The molecule has 0 aromatic heterocycles. The van der Waals surface area contributed by atoms with E-state index in [0.29, 0.717) is 6.42 Å². The van der Waals surface area contributed by atoms with E-state index in [1.165, 1.54) is 0 Å². The molecule has 0 aromatic carbocycles. The van der Waals surface area contributed by atoms with Crippen molar-refractivity contribution >= 4 is 5.91 Å². The minimum atomic E-state index is -0.860. The van der Waals surface area contributed by atoms with Crippen molar-refractivity contribution in [1.29, 1.82) is 0 Å². The van der Waals surface area contributed by atoms with Gasteiger partial charge in [-0.25, -0.2) is 0 Å². The number of hydrogen-bond acceptors (Lipinski definition) is 3. The maximum absolute atomic E-state index is 12.0. The number of aliphatic hydroxyl groups excluding tert-OH is 2. The van der Waals surface area contributed by atoms with Crippen LogP contribution in [0.2, 0.25) is 0 Å². The minimum Gasteiger partial charge on any atom is -0.394 e. The lowest BCUT2D eigenvalue weighted by molar-refractivity contribution is -0.122. The van der Waals surface area contributed by atoms with E-state index in [2.05, 4.69) is 79.9 Å². The fourth-order valence-corrected chi connectivity index (χ4v) is 2.80. The normalized spacial score (nSPS) is 14.8. The molecule has 0 rings (SSSR count). The first-order valence-electron chi connectivity index (χ1n) is 12.2. The molecule has 4 heteroatoms. The van der Waals surface area contributed by atoms with Gasteiger partial charge in [-0.3, -0.25) is 4.79 Å². The van der Waals surface area contributed by atoms with E-state index in [4.69, 9.17) is 0 Å². The van der Waals surface area contributed by atoms with Gasteiger partial charge < -0.3 is 15.5 Å². The molecule has 0 fully saturated rings. The molecule has 0 aliphatic rings. The molecule has 2 atom stereocenters. The second-order valence-electron chi connectivity index (χ2n) is 7.66. The van der Waals surface area contributed by atoms with Crippen LogP contribution < -0.4 is 5.32 Å². The molecule has 0 aromatic rings. The first-order chi connectivity index (χ1) is 15.7. The van der Waals surface area contributed by atoms with E-state index < -0.39 is 12.1 Å². The molecule has 0 saturated heterocycles. The van der Waals surface area contributed by atoms with Crippen molar-refractivity contribution in [3.63, 3.8) is 0 Å². The molecular formula is C28H45NO3. The number of nitrogens with one attached hydrogen (secondary N) is 1. The lowest BCUT2D eigenvalue weighted by Crippen LogP contribution is -2.45. The Balaban J connectivity index is 3.82. The molecule has 4 nitrogen and oxygen atoms in total. The van der Waals surface area contributed by atoms with Gasteiger partial charge in [0.15, 0.2) is 0 Å². The number of carbonyl (C=O) groups excluding carboxylic acids is 1. The lowest BCUT2D eigenvalue weighted by Gasteiger charge is -2.19. The molecule has 2 unspecified atom stereocenters. The van der Waals surface area contributed by atoms with Gasteiger partial charge in [0.25, 0.3) is 0 Å². The van der Waals surface area contributed by atoms with Crippen LogP contribution in [-0.4, -0.2) is 34.9 Å². The smallest absolute Gasteiger partial charge is 0.220 e. The van der Waals surface area contributed by atoms with Crippen LogP contribution in [0.4, 0.5) is 0 Å². The average Bonchev–Trinajstić information content (AvgIpc) is 2.79. The van der Waals surface area contributed by atoms with E-state index in [1.807, 2.05) is 6.08 Å². The van der Waals surface area contributed by atoms with Gasteiger partial charge in [0.2, 0.25) is 5.91 Å². The Morgan fingerprint density at radius 3 is 1.81 bits per heavy atom. The highest BCUT2D eigenvalue weighted by Gasteiger charge is 2.17. The number of rotatable bonds is 19. The molecule has 0 aliphatic heterocycles. The van der Waals surface area contributed by atoms with Crippen molar-refractivity contribution in [1.82, 2.24) is 5.32 Å². The number of carbonyl (C=O) groups is 1. The number of allylic oxidation sites excluding steroid dienone is 11. The molecule has 0 heterocycles. The zero-order valence-electron chi connectivity index (χ0n) is 20.2. The summed E-state index contributed by atoms with van der Waals surface area (Å²) >= 11 is 0. The first kappa shape index (κ1) is 29.8. The third-order valence-electron chi connectivity index (χ3n) is 4.68. The Kier molecular flexibility index (Phi) is 21.9. The summed E-state index contributed by atoms with van der Waals surface area (Å²) in [6.07, 6.45) is 33.1. The van der Waals surface area contributed by atoms with E-state index in [0.717, 1.165) is 57.8 Å². The number of amides is 1. The first-order valence-corrected chi connectivity index (χ1v) is 12.2. The second-order valence-corrected chi connectivity index (χ2v) is 7.66. The summed E-state index contributed by atoms with van der Waals surface area (Å²) in [5.41, 5.74) is 0. The number of unbranched alkanes of at least 4 members (excludes halogenated alkanes) is 2. The number of hydrogen-bond donors (Lipinski definition) is 3. The van der Waals surface area contributed by atoms with Gasteiger partial charge in [0.05, 0.1) is 18.8 Å². The summed E-state index contributed by atoms with van der Waals surface area (Å²) in [4.78, 5) is 12.0. The average molecular weight is 444 g/mol. The highest BCUT2D eigenvalue weighted by Crippen LogP contribution is 2.02. The van der Waals surface area contributed by atoms with Crippen LogP contribution in [0.3, 0.4) is 0 Å². The summed E-state index contributed by atoms with van der Waals surface area (Å²) in [6.45, 7) is 3.92. The van der Waals surface area contributed by atoms with Crippen molar-refractivity contribution in [2.24, 2.45) is 0 Å². The molecule has 32 heavy (non-hydrogen) atoms. The third kappa shape index (κ3) is 19.8. The maximum Gasteiger partial charge on any atom is 0.220 e. The lowest BCUT2D eigenvalue weighted by atomic mass is 10.1. The molecule has 180 valence electrons. The molecule has 1 amide bonds. The molecule has 0 radical (unpaired) electrons. The van der Waals surface area contributed by atoms with Crippen LogP contribution in [0.1, 0.15) is 78.1 Å². The number of aliphatic hydroxyl groups is 2. The summed E-state index contributed by atoms with van der Waals surface area (Å²) in [6, 6.07) is -0.649. The van der Waals surface area contributed by atoms with Crippen LogP contribution in [0.15, 0.2) is 72.9 Å². The van der Waals surface area contributed by atoms with Crippen molar-refractivity contribution in [3.05, 3.63) is 72.9 Å². The highest BCUT2D eigenvalue weighted by molar-refractivity contribution is 5.76. The predicted octanol–water partition coefficient (Wildman–Crippen LogP) is 6.10. The largest absolute Gasteiger partial charge is 0.394 e. The standard InChI is InChI=1S/C28H45NO3/c1-3-5-7-8-9-10-11-12-13-14-15-16-17-18-19-20-22-24-28(32)29-26(25-30)27(31)23-21-6-4-2/h5,7,9-10,12-13,15-16,18-19,21,23,26-27,30-31H,3-4,6,8,11,14,17,20,22,24-25H2,1-2H3,(H,29,32)/b7-5-,10-9-,13-12-,16-15-,19-18-,23-21+. The topological polar surface area (TPSA) is 69.6 Å². The third-order valence-corrected chi connectivity index (χ3v) is 4.68. The van der Waals surface area contributed by atoms with E-state index >= 15 is 0 Å². The monoisotopic (exact) mass is 443 g/mol. The summed E-state index contributed by atoms with van der Waals surface area (Å²) < 4.78 is 0.